The van der Waals surface area contributed by atoms with Crippen molar-refractivity contribution in [1.29, 1.82) is 0 Å². The zero-order valence-corrected chi connectivity index (χ0v) is 20.7. The molecule has 188 valence electrons. The Morgan fingerprint density at radius 2 is 1.89 bits per heavy atom. The van der Waals surface area contributed by atoms with E-state index in [1.807, 2.05) is 43.3 Å². The fourth-order valence-electron chi connectivity index (χ4n) is 3.51. The van der Waals surface area contributed by atoms with Gasteiger partial charge in [0.05, 0.1) is 12.8 Å². The quantitative estimate of drug-likeness (QED) is 0.231. The van der Waals surface area contributed by atoms with Gasteiger partial charge >= 0.3 is 5.69 Å². The molecule has 2 heterocycles. The SMILES string of the molecule is CN(C)c1ccc(C=NNc2nc3c(c(=O)[nH]c(=O)n3C)n2CC(O)COc2ccc(Cl)cc2)cc1. The number of aliphatic hydroxyl groups excluding tert-OH is 1. The maximum atomic E-state index is 12.6. The Bertz CT molecular complexity index is 1490. The predicted molar refractivity (Wildman–Crippen MR) is 141 cm³/mol. The van der Waals surface area contributed by atoms with Gasteiger partial charge < -0.3 is 19.3 Å². The standard InChI is InChI=1S/C24H26ClN7O4/c1-30(2)17-8-4-15(5-9-17)12-26-29-23-27-21-20(22(34)28-24(35)31(21)3)32(23)13-18(33)14-36-19-10-6-16(25)7-11-19/h4-12,18,33H,13-14H2,1-3H3,(H,27,29)(H,28,34,35). The summed E-state index contributed by atoms with van der Waals surface area (Å²) in [5, 5.41) is 15.5. The van der Waals surface area contributed by atoms with Crippen molar-refractivity contribution in [1.82, 2.24) is 19.1 Å². The molecule has 36 heavy (non-hydrogen) atoms. The third-order valence-corrected chi connectivity index (χ3v) is 5.70. The summed E-state index contributed by atoms with van der Waals surface area (Å²) in [6.45, 7) is -0.0906. The molecule has 0 radical (unpaired) electrons. The molecule has 0 amide bonds. The summed E-state index contributed by atoms with van der Waals surface area (Å²) in [4.78, 5) is 33.4. The molecule has 3 N–H and O–H groups in total. The Balaban J connectivity index is 1.58. The Morgan fingerprint density at radius 1 is 1.19 bits per heavy atom. The average Bonchev–Trinajstić information content (AvgIpc) is 3.21. The van der Waals surface area contributed by atoms with E-state index in [1.165, 1.54) is 16.2 Å². The van der Waals surface area contributed by atoms with E-state index in [2.05, 4.69) is 20.5 Å². The summed E-state index contributed by atoms with van der Waals surface area (Å²) >= 11 is 5.89. The molecule has 2 aromatic heterocycles. The van der Waals surface area contributed by atoms with Crippen LogP contribution in [0.3, 0.4) is 0 Å². The minimum Gasteiger partial charge on any atom is -0.491 e. The first-order valence-electron chi connectivity index (χ1n) is 11.1. The number of ether oxygens (including phenoxy) is 1. The van der Waals surface area contributed by atoms with Gasteiger partial charge in [-0.2, -0.15) is 10.1 Å². The molecule has 4 aromatic rings. The van der Waals surface area contributed by atoms with Gasteiger partial charge in [-0.15, -0.1) is 0 Å². The van der Waals surface area contributed by atoms with Crippen molar-refractivity contribution >= 4 is 40.6 Å². The van der Waals surface area contributed by atoms with Gasteiger partial charge in [0, 0.05) is 31.9 Å². The van der Waals surface area contributed by atoms with Crippen LogP contribution in [0, 0.1) is 0 Å². The normalized spacial score (nSPS) is 12.2. The van der Waals surface area contributed by atoms with Crippen LogP contribution >= 0.6 is 11.6 Å². The van der Waals surface area contributed by atoms with Crippen LogP contribution in [0.2, 0.25) is 5.02 Å². The van der Waals surface area contributed by atoms with Crippen molar-refractivity contribution in [2.45, 2.75) is 12.6 Å². The summed E-state index contributed by atoms with van der Waals surface area (Å²) in [5.74, 6) is 0.723. The monoisotopic (exact) mass is 511 g/mol. The lowest BCUT2D eigenvalue weighted by atomic mass is 10.2. The minimum absolute atomic E-state index is 0.0409. The number of nitrogens with one attached hydrogen (secondary N) is 2. The summed E-state index contributed by atoms with van der Waals surface area (Å²) < 4.78 is 8.31. The van der Waals surface area contributed by atoms with Crippen LogP contribution in [0.5, 0.6) is 5.75 Å². The highest BCUT2D eigenvalue weighted by atomic mass is 35.5. The zero-order valence-electron chi connectivity index (χ0n) is 20.0. The number of anilines is 2. The van der Waals surface area contributed by atoms with E-state index in [1.54, 1.807) is 30.5 Å². The molecular weight excluding hydrogens is 486 g/mol. The summed E-state index contributed by atoms with van der Waals surface area (Å²) in [6.07, 6.45) is 0.602. The Labute approximate surface area is 211 Å². The first-order valence-corrected chi connectivity index (χ1v) is 11.4. The number of aromatic nitrogens is 4. The van der Waals surface area contributed by atoms with Gasteiger partial charge in [0.2, 0.25) is 5.95 Å². The number of hydrazone groups is 1. The van der Waals surface area contributed by atoms with Crippen molar-refractivity contribution < 1.29 is 9.84 Å². The molecule has 2 aromatic carbocycles. The van der Waals surface area contributed by atoms with Crippen molar-refractivity contribution in [3.05, 3.63) is 80.0 Å². The molecule has 1 unspecified atom stereocenters. The lowest BCUT2D eigenvalue weighted by molar-refractivity contribution is 0.0938. The van der Waals surface area contributed by atoms with E-state index in [0.717, 1.165) is 11.3 Å². The number of nitrogens with zero attached hydrogens (tertiary/aromatic N) is 5. The number of hydrogen-bond acceptors (Lipinski definition) is 8. The number of aromatic amines is 1. The summed E-state index contributed by atoms with van der Waals surface area (Å²) in [7, 11) is 5.41. The largest absolute Gasteiger partial charge is 0.491 e. The van der Waals surface area contributed by atoms with E-state index in [-0.39, 0.29) is 30.3 Å². The van der Waals surface area contributed by atoms with Crippen molar-refractivity contribution in [3.63, 3.8) is 0 Å². The van der Waals surface area contributed by atoms with E-state index in [4.69, 9.17) is 16.3 Å². The van der Waals surface area contributed by atoms with Crippen LogP contribution in [-0.4, -0.2) is 57.2 Å². The van der Waals surface area contributed by atoms with E-state index >= 15 is 0 Å². The molecule has 12 heteroatoms. The van der Waals surface area contributed by atoms with Crippen molar-refractivity contribution in [3.8, 4) is 5.75 Å². The fourth-order valence-corrected chi connectivity index (χ4v) is 3.63. The number of halogens is 1. The molecule has 11 nitrogen and oxygen atoms in total. The second kappa shape index (κ2) is 10.7. The zero-order chi connectivity index (χ0) is 25.8. The van der Waals surface area contributed by atoms with Crippen LogP contribution in [0.25, 0.3) is 11.2 Å². The van der Waals surface area contributed by atoms with Crippen LogP contribution < -0.4 is 26.3 Å². The second-order valence-corrected chi connectivity index (χ2v) is 8.75. The summed E-state index contributed by atoms with van der Waals surface area (Å²) in [6, 6.07) is 14.5. The molecule has 0 aliphatic rings. The van der Waals surface area contributed by atoms with Gasteiger partial charge in [-0.05, 0) is 42.0 Å². The van der Waals surface area contributed by atoms with Crippen LogP contribution in [0.1, 0.15) is 5.56 Å². The fraction of sp³-hybridized carbons (Fsp3) is 0.250. The third-order valence-electron chi connectivity index (χ3n) is 5.44. The van der Waals surface area contributed by atoms with Gasteiger partial charge in [0.15, 0.2) is 11.2 Å². The number of hydrogen-bond donors (Lipinski definition) is 3. The highest BCUT2D eigenvalue weighted by Crippen LogP contribution is 2.18. The topological polar surface area (TPSA) is 130 Å². The van der Waals surface area contributed by atoms with Crippen LogP contribution in [-0.2, 0) is 13.6 Å². The predicted octanol–water partition coefficient (Wildman–Crippen LogP) is 2.03. The highest BCUT2D eigenvalue weighted by molar-refractivity contribution is 6.30. The number of aliphatic hydroxyl groups is 1. The third kappa shape index (κ3) is 5.58. The van der Waals surface area contributed by atoms with Gasteiger partial charge in [-0.3, -0.25) is 14.3 Å². The van der Waals surface area contributed by atoms with Gasteiger partial charge in [0.1, 0.15) is 18.5 Å². The molecular formula is C24H26ClN7O4. The first kappa shape index (κ1) is 25.0. The number of H-pyrrole nitrogens is 1. The summed E-state index contributed by atoms with van der Waals surface area (Å²) in [5.41, 5.74) is 3.78. The smallest absolute Gasteiger partial charge is 0.329 e. The van der Waals surface area contributed by atoms with Gasteiger partial charge in [0.25, 0.3) is 5.56 Å². The highest BCUT2D eigenvalue weighted by Gasteiger charge is 2.20. The Morgan fingerprint density at radius 3 is 2.56 bits per heavy atom. The van der Waals surface area contributed by atoms with E-state index < -0.39 is 17.4 Å². The van der Waals surface area contributed by atoms with Gasteiger partial charge in [-0.25, -0.2) is 10.2 Å². The first-order chi connectivity index (χ1) is 17.2. The number of rotatable bonds is 9. The Kier molecular flexibility index (Phi) is 7.41. The van der Waals surface area contributed by atoms with Crippen LogP contribution in [0.4, 0.5) is 11.6 Å². The van der Waals surface area contributed by atoms with Crippen LogP contribution in [0.15, 0.2) is 63.2 Å². The average molecular weight is 512 g/mol. The molecule has 1 atom stereocenters. The minimum atomic E-state index is -1.00. The van der Waals surface area contributed by atoms with E-state index in [9.17, 15) is 14.7 Å². The Hall–Kier alpha value is -4.09. The molecule has 0 saturated heterocycles. The maximum Gasteiger partial charge on any atom is 0.329 e. The molecule has 0 fully saturated rings. The molecule has 0 aliphatic heterocycles. The number of aryl methyl sites for hydroxylation is 1. The lowest BCUT2D eigenvalue weighted by Gasteiger charge is -2.15. The molecule has 0 aliphatic carbocycles. The van der Waals surface area contributed by atoms with E-state index in [0.29, 0.717) is 10.8 Å². The second-order valence-electron chi connectivity index (χ2n) is 8.31. The lowest BCUT2D eigenvalue weighted by Crippen LogP contribution is -2.30. The molecule has 0 bridgehead atoms. The van der Waals surface area contributed by atoms with Gasteiger partial charge in [-0.1, -0.05) is 23.7 Å². The molecule has 4 rings (SSSR count). The van der Waals surface area contributed by atoms with Crippen molar-refractivity contribution in [2.24, 2.45) is 12.1 Å². The number of fused-ring (bicyclic) bond motifs is 1. The number of imidazole rings is 1. The van der Waals surface area contributed by atoms with Crippen molar-refractivity contribution in [2.75, 3.05) is 31.0 Å². The molecule has 0 saturated carbocycles. The maximum absolute atomic E-state index is 12.6. The molecule has 0 spiro atoms. The number of benzene rings is 2.